The molecule has 0 amide bonds. The predicted octanol–water partition coefficient (Wildman–Crippen LogP) is 5.94. The summed E-state index contributed by atoms with van der Waals surface area (Å²) >= 11 is 0. The fourth-order valence-corrected chi connectivity index (χ4v) is 11.5. The van der Waals surface area contributed by atoms with E-state index in [9.17, 15) is 18.1 Å². The molecule has 0 saturated heterocycles. The third kappa shape index (κ3) is 8.59. The van der Waals surface area contributed by atoms with Gasteiger partial charge in [-0.1, -0.05) is 34.6 Å². The molecule has 8 nitrogen and oxygen atoms in total. The number of fused-ring (bicyclic) bond motifs is 5. The van der Waals surface area contributed by atoms with E-state index in [1.165, 1.54) is 64.2 Å². The van der Waals surface area contributed by atoms with Gasteiger partial charge in [0.05, 0.1) is 12.2 Å². The van der Waals surface area contributed by atoms with E-state index in [-0.39, 0.29) is 17.4 Å². The van der Waals surface area contributed by atoms with Gasteiger partial charge in [0.2, 0.25) is 0 Å². The lowest BCUT2D eigenvalue weighted by molar-refractivity contribution is -0.167. The first-order chi connectivity index (χ1) is 20.8. The number of nitrogens with two attached hydrogens (primary N) is 1. The minimum atomic E-state index is -4.45. The van der Waals surface area contributed by atoms with Gasteiger partial charge in [0.15, 0.2) is 0 Å². The normalized spacial score (nSPS) is 38.6. The Morgan fingerprint density at radius 1 is 0.886 bits per heavy atom. The highest BCUT2D eigenvalue weighted by atomic mass is 32.3. The van der Waals surface area contributed by atoms with Crippen LogP contribution in [0.5, 0.6) is 0 Å². The summed E-state index contributed by atoms with van der Waals surface area (Å²) in [6.07, 6.45) is 15.1. The lowest BCUT2D eigenvalue weighted by atomic mass is 9.43. The highest BCUT2D eigenvalue weighted by Gasteiger charge is 2.62. The zero-order valence-electron chi connectivity index (χ0n) is 28.6. The number of hydrogen-bond acceptors (Lipinski definition) is 7. The molecule has 258 valence electrons. The second-order valence-corrected chi connectivity index (χ2v) is 17.3. The van der Waals surface area contributed by atoms with Crippen molar-refractivity contribution in [1.29, 1.82) is 0 Å². The number of rotatable bonds is 17. The molecule has 0 bridgehead atoms. The van der Waals surface area contributed by atoms with E-state index < -0.39 is 16.5 Å². The van der Waals surface area contributed by atoms with Crippen LogP contribution in [-0.2, 0) is 14.6 Å². The smallest absolute Gasteiger partial charge is 0.393 e. The fraction of sp³-hybridized carbons (Fsp3) is 1.00. The molecule has 11 atom stereocenters. The molecule has 4 fully saturated rings. The minimum Gasteiger partial charge on any atom is -0.393 e. The van der Waals surface area contributed by atoms with E-state index in [1.807, 2.05) is 13.8 Å². The number of aliphatic hydroxyl groups excluding tert-OH is 1. The molecule has 0 aliphatic heterocycles. The number of unbranched alkanes of at least 4 members (excludes halogenated alkanes) is 2. The summed E-state index contributed by atoms with van der Waals surface area (Å²) in [5, 5.41) is 19.2. The van der Waals surface area contributed by atoms with Crippen molar-refractivity contribution in [2.24, 2.45) is 58.0 Å². The van der Waals surface area contributed by atoms with Gasteiger partial charge in [-0.15, -0.1) is 0 Å². The Kier molecular flexibility index (Phi) is 13.1. The second-order valence-electron chi connectivity index (χ2n) is 16.3. The van der Waals surface area contributed by atoms with Gasteiger partial charge in [-0.05, 0) is 168 Å². The molecular weight excluding hydrogens is 574 g/mol. The maximum Gasteiger partial charge on any atom is 0.397 e. The van der Waals surface area contributed by atoms with E-state index >= 15 is 0 Å². The zero-order valence-corrected chi connectivity index (χ0v) is 29.4. The van der Waals surface area contributed by atoms with E-state index in [1.54, 1.807) is 0 Å². The van der Waals surface area contributed by atoms with Crippen LogP contribution in [0, 0.1) is 52.3 Å². The van der Waals surface area contributed by atoms with E-state index in [4.69, 9.17) is 9.92 Å². The molecule has 9 heteroatoms. The first-order valence-electron chi connectivity index (χ1n) is 18.3. The van der Waals surface area contributed by atoms with Crippen LogP contribution < -0.4 is 16.4 Å². The summed E-state index contributed by atoms with van der Waals surface area (Å²) in [6.45, 7) is 15.4. The summed E-state index contributed by atoms with van der Waals surface area (Å²) in [6, 6.07) is 0.583. The fourth-order valence-electron chi connectivity index (χ4n) is 10.9. The summed E-state index contributed by atoms with van der Waals surface area (Å²) in [4.78, 5) is 0. The molecule has 5 unspecified atom stereocenters. The molecule has 0 aromatic rings. The Hall–Kier alpha value is -0.290. The van der Waals surface area contributed by atoms with Crippen molar-refractivity contribution >= 4 is 10.4 Å². The maximum atomic E-state index is 11.8. The average molecular weight is 642 g/mol. The summed E-state index contributed by atoms with van der Waals surface area (Å²) in [5.41, 5.74) is 6.13. The monoisotopic (exact) mass is 641 g/mol. The van der Waals surface area contributed by atoms with Crippen molar-refractivity contribution < 1.29 is 22.3 Å². The van der Waals surface area contributed by atoms with Gasteiger partial charge in [0, 0.05) is 6.04 Å². The largest absolute Gasteiger partial charge is 0.397 e. The summed E-state index contributed by atoms with van der Waals surface area (Å²) in [7, 11) is -4.45. The second kappa shape index (κ2) is 15.7. The molecule has 44 heavy (non-hydrogen) atoms. The Morgan fingerprint density at radius 2 is 1.55 bits per heavy atom. The van der Waals surface area contributed by atoms with Crippen LogP contribution in [0.4, 0.5) is 0 Å². The number of nitrogens with one attached hydrogen (secondary N) is 2. The molecule has 0 spiro atoms. The van der Waals surface area contributed by atoms with Crippen LogP contribution in [0.2, 0.25) is 0 Å². The van der Waals surface area contributed by atoms with Crippen molar-refractivity contribution in [3.63, 3.8) is 0 Å². The van der Waals surface area contributed by atoms with Gasteiger partial charge in [0.25, 0.3) is 0 Å². The molecule has 0 radical (unpaired) electrons. The highest BCUT2D eigenvalue weighted by Crippen LogP contribution is 2.68. The van der Waals surface area contributed by atoms with Crippen LogP contribution in [0.1, 0.15) is 125 Å². The molecule has 0 aromatic heterocycles. The lowest BCUT2D eigenvalue weighted by Crippen LogP contribution is -2.59. The Morgan fingerprint density at radius 3 is 2.23 bits per heavy atom. The van der Waals surface area contributed by atoms with Crippen molar-refractivity contribution in [2.75, 3.05) is 26.2 Å². The van der Waals surface area contributed by atoms with Crippen molar-refractivity contribution in [1.82, 2.24) is 10.6 Å². The average Bonchev–Trinajstić information content (AvgIpc) is 3.31. The van der Waals surface area contributed by atoms with Crippen LogP contribution >= 0.6 is 0 Å². The minimum absolute atomic E-state index is 0.0155. The maximum absolute atomic E-state index is 11.8. The molecule has 4 aliphatic rings. The van der Waals surface area contributed by atoms with Gasteiger partial charge >= 0.3 is 10.4 Å². The zero-order chi connectivity index (χ0) is 32.1. The third-order valence-corrected chi connectivity index (χ3v) is 13.9. The van der Waals surface area contributed by atoms with Crippen molar-refractivity contribution in [2.45, 2.75) is 143 Å². The number of aliphatic hydroxyl groups is 1. The molecule has 0 aromatic carbocycles. The predicted molar refractivity (Wildman–Crippen MR) is 178 cm³/mol. The van der Waals surface area contributed by atoms with Gasteiger partial charge in [-0.3, -0.25) is 4.55 Å². The van der Waals surface area contributed by atoms with Crippen molar-refractivity contribution in [3.05, 3.63) is 0 Å². The SMILES string of the molecule is CC(CC[C@@H](OS(=O)(=O)O)C(C)C)[C@H]1CCC2C3C(CC[C@@]21C)[C@@]1(C)CC[C@@H](NCCCCNCCCCN)CC1C[C@H]3O. The highest BCUT2D eigenvalue weighted by molar-refractivity contribution is 7.80. The van der Waals surface area contributed by atoms with Gasteiger partial charge in [-0.2, -0.15) is 8.42 Å². The van der Waals surface area contributed by atoms with Gasteiger partial charge < -0.3 is 21.5 Å². The quantitative estimate of drug-likeness (QED) is 0.0973. The standard InChI is InChI=1S/C35H67N3O5S/c1-24(2)32(43-44(40,41)42)13-10-25(3)28-11-12-29-33-30(15-17-35(28,29)5)34(4)16-14-27(22-26(34)23-31(33)39)38-21-9-8-20-37-19-7-6-18-36/h24-33,37-39H,6-23,36H2,1-5H3,(H,40,41,42)/t25?,26?,27-,28-,29?,30?,31-,32-,33?,34+,35-/m1/s1. The topological polar surface area (TPSA) is 134 Å². The summed E-state index contributed by atoms with van der Waals surface area (Å²) in [5.74, 6) is 3.23. The van der Waals surface area contributed by atoms with Crippen LogP contribution in [0.25, 0.3) is 0 Å². The molecule has 4 aliphatic carbocycles. The van der Waals surface area contributed by atoms with Gasteiger partial charge in [0.1, 0.15) is 0 Å². The Bertz CT molecular complexity index is 997. The molecule has 6 N–H and O–H groups in total. The van der Waals surface area contributed by atoms with E-state index in [2.05, 4.69) is 31.4 Å². The first-order valence-corrected chi connectivity index (χ1v) is 19.6. The van der Waals surface area contributed by atoms with Crippen LogP contribution in [0.15, 0.2) is 0 Å². The summed E-state index contributed by atoms with van der Waals surface area (Å²) < 4.78 is 37.1. The van der Waals surface area contributed by atoms with Gasteiger partial charge in [-0.25, -0.2) is 4.18 Å². The molecular formula is C35H67N3O5S. The van der Waals surface area contributed by atoms with Crippen LogP contribution in [0.3, 0.4) is 0 Å². The third-order valence-electron chi connectivity index (χ3n) is 13.4. The molecule has 4 rings (SSSR count). The number of hydrogen-bond donors (Lipinski definition) is 5. The van der Waals surface area contributed by atoms with Crippen LogP contribution in [-0.4, -0.2) is 62.5 Å². The Labute approximate surface area is 269 Å². The molecule has 4 saturated carbocycles. The van der Waals surface area contributed by atoms with E-state index in [0.29, 0.717) is 53.4 Å². The lowest BCUT2D eigenvalue weighted by Gasteiger charge is -2.62. The van der Waals surface area contributed by atoms with Crippen molar-refractivity contribution in [3.8, 4) is 0 Å². The van der Waals surface area contributed by atoms with E-state index in [0.717, 1.165) is 45.4 Å². The molecule has 0 heterocycles. The first kappa shape index (κ1) is 36.5. The Balaban J connectivity index is 1.29.